The number of morpholine rings is 1. The van der Waals surface area contributed by atoms with Crippen molar-refractivity contribution in [3.05, 3.63) is 40.9 Å². The fraction of sp³-hybridized carbons (Fsp3) is 0.600. The number of nitrogens with zero attached hydrogens (tertiary/aromatic N) is 2. The van der Waals surface area contributed by atoms with Crippen molar-refractivity contribution in [2.24, 2.45) is 17.8 Å². The Labute approximate surface area is 189 Å². The minimum absolute atomic E-state index is 0.105. The molecule has 5 nitrogen and oxygen atoms in total. The van der Waals surface area contributed by atoms with Crippen molar-refractivity contribution in [1.82, 2.24) is 15.2 Å². The predicted octanol–water partition coefficient (Wildman–Crippen LogP) is 4.13. The summed E-state index contributed by atoms with van der Waals surface area (Å²) >= 11 is 1.63. The van der Waals surface area contributed by atoms with E-state index in [1.165, 1.54) is 31.2 Å². The van der Waals surface area contributed by atoms with Crippen LogP contribution in [0, 0.1) is 17.8 Å². The molecule has 3 aliphatic rings. The maximum absolute atomic E-state index is 12.6. The second-order valence-corrected chi connectivity index (χ2v) is 10.5. The third-order valence-corrected chi connectivity index (χ3v) is 8.34. The van der Waals surface area contributed by atoms with Crippen LogP contribution < -0.4 is 5.32 Å². The number of amides is 1. The Hall–Kier alpha value is -1.76. The van der Waals surface area contributed by atoms with Gasteiger partial charge in [-0.25, -0.2) is 4.98 Å². The minimum atomic E-state index is 0.105. The molecule has 1 amide bonds. The number of thiazole rings is 1. The summed E-state index contributed by atoms with van der Waals surface area (Å²) in [6.45, 7) is 6.74. The molecular formula is C25H33N3O2S. The largest absolute Gasteiger partial charge is 0.379 e. The standard InChI is InChI=1S/C25H33N3O2S/c1-17(23-13-18-5-6-20(23)11-18)26-24(29)14-22-16-31-25(27-22)21-4-2-3-19(12-21)15-28-7-9-30-10-8-28/h2-4,12,16-18,20,23H,5-11,13-15H2,1H3,(H,26,29). The van der Waals surface area contributed by atoms with Gasteiger partial charge in [0, 0.05) is 36.6 Å². The van der Waals surface area contributed by atoms with Gasteiger partial charge in [0.25, 0.3) is 0 Å². The van der Waals surface area contributed by atoms with Crippen molar-refractivity contribution in [2.45, 2.75) is 51.6 Å². The summed E-state index contributed by atoms with van der Waals surface area (Å²) in [5.41, 5.74) is 3.31. The van der Waals surface area contributed by atoms with E-state index in [-0.39, 0.29) is 11.9 Å². The fourth-order valence-electron chi connectivity index (χ4n) is 5.82. The topological polar surface area (TPSA) is 54.5 Å². The Morgan fingerprint density at radius 3 is 2.94 bits per heavy atom. The van der Waals surface area contributed by atoms with Gasteiger partial charge >= 0.3 is 0 Å². The number of hydrogen-bond acceptors (Lipinski definition) is 5. The molecule has 3 fully saturated rings. The van der Waals surface area contributed by atoms with Crippen LogP contribution in [0.3, 0.4) is 0 Å². The van der Waals surface area contributed by atoms with E-state index >= 15 is 0 Å². The average molecular weight is 440 g/mol. The van der Waals surface area contributed by atoms with Crippen LogP contribution in [0.1, 0.15) is 43.9 Å². The molecule has 2 aliphatic carbocycles. The van der Waals surface area contributed by atoms with Gasteiger partial charge in [-0.3, -0.25) is 9.69 Å². The first-order valence-electron chi connectivity index (χ1n) is 11.8. The second kappa shape index (κ2) is 9.39. The van der Waals surface area contributed by atoms with Crippen LogP contribution in [0.2, 0.25) is 0 Å². The maximum atomic E-state index is 12.6. The van der Waals surface area contributed by atoms with Crippen molar-refractivity contribution in [3.63, 3.8) is 0 Å². The highest BCUT2D eigenvalue weighted by molar-refractivity contribution is 7.13. The monoisotopic (exact) mass is 439 g/mol. The summed E-state index contributed by atoms with van der Waals surface area (Å²) in [6.07, 6.45) is 5.81. The highest BCUT2D eigenvalue weighted by atomic mass is 32.1. The summed E-state index contributed by atoms with van der Waals surface area (Å²) in [4.78, 5) is 19.8. The summed E-state index contributed by atoms with van der Waals surface area (Å²) in [6, 6.07) is 8.91. The normalized spacial score (nSPS) is 26.8. The van der Waals surface area contributed by atoms with E-state index in [1.807, 2.05) is 5.38 Å². The van der Waals surface area contributed by atoms with Crippen molar-refractivity contribution in [2.75, 3.05) is 26.3 Å². The summed E-state index contributed by atoms with van der Waals surface area (Å²) < 4.78 is 5.45. The zero-order valence-corrected chi connectivity index (χ0v) is 19.2. The third-order valence-electron chi connectivity index (χ3n) is 7.40. The van der Waals surface area contributed by atoms with E-state index in [2.05, 4.69) is 41.4 Å². The molecule has 2 saturated carbocycles. The number of rotatable bonds is 7. The number of carbonyl (C=O) groups excluding carboxylic acids is 1. The third kappa shape index (κ3) is 5.02. The molecule has 166 valence electrons. The lowest BCUT2D eigenvalue weighted by Gasteiger charge is -2.28. The van der Waals surface area contributed by atoms with E-state index in [0.717, 1.165) is 60.9 Å². The molecule has 4 unspecified atom stereocenters. The Balaban J connectivity index is 1.17. The van der Waals surface area contributed by atoms with Gasteiger partial charge in [-0.15, -0.1) is 11.3 Å². The smallest absolute Gasteiger partial charge is 0.226 e. The molecule has 1 aromatic carbocycles. The quantitative estimate of drug-likeness (QED) is 0.705. The molecule has 31 heavy (non-hydrogen) atoms. The van der Waals surface area contributed by atoms with Crippen LogP contribution in [0.5, 0.6) is 0 Å². The molecule has 1 N–H and O–H groups in total. The van der Waals surface area contributed by atoms with Crippen LogP contribution in [0.25, 0.3) is 10.6 Å². The lowest BCUT2D eigenvalue weighted by Crippen LogP contribution is -2.40. The number of aromatic nitrogens is 1. The van der Waals surface area contributed by atoms with Gasteiger partial charge in [0.15, 0.2) is 0 Å². The van der Waals surface area contributed by atoms with E-state index < -0.39 is 0 Å². The molecule has 5 rings (SSSR count). The maximum Gasteiger partial charge on any atom is 0.226 e. The Morgan fingerprint density at radius 1 is 1.29 bits per heavy atom. The van der Waals surface area contributed by atoms with Crippen LogP contribution in [-0.4, -0.2) is 48.1 Å². The Kier molecular flexibility index (Phi) is 6.39. The Morgan fingerprint density at radius 2 is 2.16 bits per heavy atom. The summed E-state index contributed by atoms with van der Waals surface area (Å²) in [5, 5.41) is 6.30. The lowest BCUT2D eigenvalue weighted by atomic mass is 9.84. The number of ether oxygens (including phenoxy) is 1. The molecular weight excluding hydrogens is 406 g/mol. The fourth-order valence-corrected chi connectivity index (χ4v) is 6.64. The van der Waals surface area contributed by atoms with Gasteiger partial charge in [0.1, 0.15) is 5.01 Å². The molecule has 0 spiro atoms. The van der Waals surface area contributed by atoms with Gasteiger partial charge in [0.05, 0.1) is 25.3 Å². The van der Waals surface area contributed by atoms with Crippen LogP contribution in [0.4, 0.5) is 0 Å². The first-order valence-corrected chi connectivity index (χ1v) is 12.6. The number of fused-ring (bicyclic) bond motifs is 2. The molecule has 4 atom stereocenters. The molecule has 2 bridgehead atoms. The van der Waals surface area contributed by atoms with Gasteiger partial charge in [0.2, 0.25) is 5.91 Å². The second-order valence-electron chi connectivity index (χ2n) is 9.60. The zero-order valence-electron chi connectivity index (χ0n) is 18.4. The minimum Gasteiger partial charge on any atom is -0.379 e. The number of benzene rings is 1. The lowest BCUT2D eigenvalue weighted by molar-refractivity contribution is -0.121. The Bertz CT molecular complexity index is 908. The van der Waals surface area contributed by atoms with E-state index in [0.29, 0.717) is 12.3 Å². The van der Waals surface area contributed by atoms with Gasteiger partial charge in [-0.2, -0.15) is 0 Å². The van der Waals surface area contributed by atoms with Crippen LogP contribution in [-0.2, 0) is 22.5 Å². The number of hydrogen-bond donors (Lipinski definition) is 1. The zero-order chi connectivity index (χ0) is 21.2. The molecule has 0 radical (unpaired) electrons. The molecule has 2 aromatic rings. The first kappa shape index (κ1) is 21.1. The van der Waals surface area contributed by atoms with Crippen LogP contribution >= 0.6 is 11.3 Å². The summed E-state index contributed by atoms with van der Waals surface area (Å²) in [7, 11) is 0. The van der Waals surface area contributed by atoms with Crippen LogP contribution in [0.15, 0.2) is 29.6 Å². The van der Waals surface area contributed by atoms with Crippen molar-refractivity contribution in [1.29, 1.82) is 0 Å². The average Bonchev–Trinajstić information content (AvgIpc) is 3.52. The molecule has 2 heterocycles. The SMILES string of the molecule is CC(NC(=O)Cc1csc(-c2cccc(CN3CCOCC3)c2)n1)C1CC2CCC1C2. The highest BCUT2D eigenvalue weighted by Gasteiger charge is 2.42. The molecule has 1 aromatic heterocycles. The van der Waals surface area contributed by atoms with E-state index in [4.69, 9.17) is 9.72 Å². The van der Waals surface area contributed by atoms with Crippen molar-refractivity contribution in [3.8, 4) is 10.6 Å². The first-order chi connectivity index (χ1) is 15.1. The van der Waals surface area contributed by atoms with Gasteiger partial charge in [-0.05, 0) is 55.6 Å². The van der Waals surface area contributed by atoms with Crippen molar-refractivity contribution < 1.29 is 9.53 Å². The summed E-state index contributed by atoms with van der Waals surface area (Å²) in [5.74, 6) is 2.52. The highest BCUT2D eigenvalue weighted by Crippen LogP contribution is 2.49. The van der Waals surface area contributed by atoms with E-state index in [1.54, 1.807) is 11.3 Å². The molecule has 6 heteroatoms. The number of nitrogens with one attached hydrogen (secondary N) is 1. The van der Waals surface area contributed by atoms with Gasteiger partial charge < -0.3 is 10.1 Å². The molecule has 1 saturated heterocycles. The number of carbonyl (C=O) groups is 1. The molecule has 1 aliphatic heterocycles. The van der Waals surface area contributed by atoms with E-state index in [9.17, 15) is 4.79 Å². The van der Waals surface area contributed by atoms with Crippen molar-refractivity contribution >= 4 is 17.2 Å². The van der Waals surface area contributed by atoms with Gasteiger partial charge in [-0.1, -0.05) is 24.6 Å². The predicted molar refractivity (Wildman–Crippen MR) is 124 cm³/mol.